The van der Waals surface area contributed by atoms with Crippen LogP contribution in [0.3, 0.4) is 0 Å². The van der Waals surface area contributed by atoms with Crippen molar-refractivity contribution in [1.29, 1.82) is 0 Å². The molecule has 26 heavy (non-hydrogen) atoms. The van der Waals surface area contributed by atoms with Gasteiger partial charge in [0.15, 0.2) is 11.6 Å². The zero-order valence-electron chi connectivity index (χ0n) is 13.8. The van der Waals surface area contributed by atoms with Crippen molar-refractivity contribution in [2.24, 2.45) is 0 Å². The lowest BCUT2D eigenvalue weighted by atomic mass is 10.2. The number of aromatic nitrogens is 6. The van der Waals surface area contributed by atoms with E-state index in [1.54, 1.807) is 12.1 Å². The molecule has 0 aliphatic carbocycles. The van der Waals surface area contributed by atoms with Crippen LogP contribution in [0.15, 0.2) is 29.2 Å². The number of nitrogens with one attached hydrogen (secondary N) is 1. The first-order chi connectivity index (χ1) is 12.5. The number of tetrazole rings is 1. The van der Waals surface area contributed by atoms with Gasteiger partial charge in [-0.05, 0) is 35.0 Å². The van der Waals surface area contributed by atoms with Gasteiger partial charge in [0.2, 0.25) is 5.95 Å². The van der Waals surface area contributed by atoms with Crippen LogP contribution in [0, 0.1) is 12.7 Å². The fourth-order valence-corrected chi connectivity index (χ4v) is 2.49. The molecule has 0 radical (unpaired) electrons. The van der Waals surface area contributed by atoms with Crippen LogP contribution >= 0.6 is 0 Å². The zero-order chi connectivity index (χ0) is 18.3. The van der Waals surface area contributed by atoms with E-state index in [4.69, 9.17) is 10.5 Å². The van der Waals surface area contributed by atoms with Crippen molar-refractivity contribution in [3.05, 3.63) is 46.3 Å². The Morgan fingerprint density at radius 1 is 1.35 bits per heavy atom. The van der Waals surface area contributed by atoms with E-state index >= 15 is 0 Å². The van der Waals surface area contributed by atoms with Gasteiger partial charge >= 0.3 is 5.69 Å². The van der Waals surface area contributed by atoms with Crippen LogP contribution in [0.5, 0.6) is 0 Å². The molecule has 1 fully saturated rings. The minimum atomic E-state index is -0.691. The van der Waals surface area contributed by atoms with Gasteiger partial charge in [0.1, 0.15) is 6.04 Å². The third-order valence-corrected chi connectivity index (χ3v) is 4.03. The zero-order valence-corrected chi connectivity index (χ0v) is 13.8. The van der Waals surface area contributed by atoms with Crippen molar-refractivity contribution in [2.75, 3.05) is 24.3 Å². The number of nitrogen functional groups attached to an aromatic ring is 1. The molecule has 3 aromatic rings. The highest BCUT2D eigenvalue weighted by molar-refractivity contribution is 5.60. The van der Waals surface area contributed by atoms with Crippen LogP contribution < -0.4 is 16.7 Å². The molecular formula is C15H15FN8O2. The van der Waals surface area contributed by atoms with E-state index in [1.807, 2.05) is 13.0 Å². The number of nitrogens with zero attached hydrogens (tertiary/aromatic N) is 6. The molecule has 0 amide bonds. The number of ether oxygens (including phenoxy) is 1. The molecule has 4 rings (SSSR count). The number of halogens is 1. The smallest absolute Gasteiger partial charge is 0.368 e. The van der Waals surface area contributed by atoms with Crippen LogP contribution in [0.25, 0.3) is 5.69 Å². The van der Waals surface area contributed by atoms with Crippen molar-refractivity contribution >= 4 is 17.5 Å². The van der Waals surface area contributed by atoms with E-state index in [9.17, 15) is 9.18 Å². The summed E-state index contributed by atoms with van der Waals surface area (Å²) in [6.07, 6.45) is 0.983. The van der Waals surface area contributed by atoms with E-state index in [1.165, 1.54) is 9.36 Å². The lowest BCUT2D eigenvalue weighted by Crippen LogP contribution is -2.38. The van der Waals surface area contributed by atoms with E-state index in [0.717, 1.165) is 11.8 Å². The molecule has 134 valence electrons. The summed E-state index contributed by atoms with van der Waals surface area (Å²) in [6.45, 7) is 2.74. The maximum Gasteiger partial charge on any atom is 0.368 e. The fourth-order valence-electron chi connectivity index (χ4n) is 2.49. The third kappa shape index (κ3) is 2.77. The maximum atomic E-state index is 13.2. The SMILES string of the molecule is Cc1ccc(Nc2ncc(F)c(N)n2)cc1-n1nnn(C2COC2)c1=O. The van der Waals surface area contributed by atoms with Gasteiger partial charge in [-0.25, -0.2) is 14.2 Å². The van der Waals surface area contributed by atoms with Gasteiger partial charge in [-0.3, -0.25) is 0 Å². The Balaban J connectivity index is 1.67. The minimum Gasteiger partial charge on any atom is -0.381 e. The molecular weight excluding hydrogens is 343 g/mol. The predicted molar refractivity (Wildman–Crippen MR) is 89.9 cm³/mol. The quantitative estimate of drug-likeness (QED) is 0.693. The summed E-state index contributed by atoms with van der Waals surface area (Å²) in [5.41, 5.74) is 7.07. The molecule has 10 nitrogen and oxygen atoms in total. The standard InChI is InChI=1S/C15H15FN8O2/c1-8-2-3-9(19-14-18-5-11(16)13(17)20-14)4-12(8)24-15(25)23(21-22-24)10-6-26-7-10/h2-5,10H,6-7H2,1H3,(H3,17,18,19,20). The first-order valence-corrected chi connectivity index (χ1v) is 7.81. The molecule has 1 saturated heterocycles. The molecule has 11 heteroatoms. The number of rotatable bonds is 4. The number of hydrogen-bond acceptors (Lipinski definition) is 8. The Hall–Kier alpha value is -3.34. The summed E-state index contributed by atoms with van der Waals surface area (Å²) in [7, 11) is 0. The second-order valence-electron chi connectivity index (χ2n) is 5.86. The topological polar surface area (TPSA) is 126 Å². The average Bonchev–Trinajstić information content (AvgIpc) is 2.93. The Morgan fingerprint density at radius 3 is 2.85 bits per heavy atom. The van der Waals surface area contributed by atoms with Gasteiger partial charge in [-0.1, -0.05) is 6.07 Å². The van der Waals surface area contributed by atoms with Crippen LogP contribution in [-0.2, 0) is 4.74 Å². The van der Waals surface area contributed by atoms with E-state index in [0.29, 0.717) is 24.6 Å². The van der Waals surface area contributed by atoms with Crippen LogP contribution in [0.2, 0.25) is 0 Å². The van der Waals surface area contributed by atoms with Crippen LogP contribution in [-0.4, -0.2) is 43.0 Å². The van der Waals surface area contributed by atoms with Gasteiger partial charge in [0, 0.05) is 5.69 Å². The van der Waals surface area contributed by atoms with Gasteiger partial charge in [0.25, 0.3) is 0 Å². The first kappa shape index (κ1) is 16.1. The van der Waals surface area contributed by atoms with Crippen molar-refractivity contribution < 1.29 is 9.13 Å². The normalized spacial score (nSPS) is 14.2. The molecule has 1 aliphatic rings. The van der Waals surface area contributed by atoms with Gasteiger partial charge in [-0.2, -0.15) is 14.3 Å². The molecule has 3 heterocycles. The Labute approximate surface area is 146 Å². The van der Waals surface area contributed by atoms with Gasteiger partial charge in [0.05, 0.1) is 25.1 Å². The highest BCUT2D eigenvalue weighted by Gasteiger charge is 2.25. The molecule has 3 N–H and O–H groups in total. The van der Waals surface area contributed by atoms with E-state index in [-0.39, 0.29) is 23.5 Å². The van der Waals surface area contributed by atoms with Crippen molar-refractivity contribution in [3.63, 3.8) is 0 Å². The second kappa shape index (κ2) is 6.19. The van der Waals surface area contributed by atoms with Gasteiger partial charge < -0.3 is 15.8 Å². The highest BCUT2D eigenvalue weighted by atomic mass is 19.1. The largest absolute Gasteiger partial charge is 0.381 e. The van der Waals surface area contributed by atoms with E-state index in [2.05, 4.69) is 25.7 Å². The Kier molecular flexibility index (Phi) is 3.84. The first-order valence-electron chi connectivity index (χ1n) is 7.81. The number of anilines is 3. The molecule has 0 atom stereocenters. The van der Waals surface area contributed by atoms with Gasteiger partial charge in [-0.15, -0.1) is 0 Å². The molecule has 1 aromatic carbocycles. The maximum absolute atomic E-state index is 13.2. The second-order valence-corrected chi connectivity index (χ2v) is 5.86. The molecule has 0 unspecified atom stereocenters. The fraction of sp³-hybridized carbons (Fsp3) is 0.267. The number of aryl methyl sites for hydroxylation is 1. The number of nitrogens with two attached hydrogens (primary N) is 1. The third-order valence-electron chi connectivity index (χ3n) is 4.03. The number of benzene rings is 1. The molecule has 0 spiro atoms. The lowest BCUT2D eigenvalue weighted by molar-refractivity contribution is -0.0309. The van der Waals surface area contributed by atoms with Crippen LogP contribution in [0.1, 0.15) is 11.6 Å². The highest BCUT2D eigenvalue weighted by Crippen LogP contribution is 2.21. The Bertz CT molecular complexity index is 1030. The van der Waals surface area contributed by atoms with Crippen molar-refractivity contribution in [1.82, 2.24) is 29.8 Å². The molecule has 2 aromatic heterocycles. The minimum absolute atomic E-state index is 0.0894. The number of hydrogen-bond donors (Lipinski definition) is 2. The summed E-state index contributed by atoms with van der Waals surface area (Å²) in [5.74, 6) is -0.804. The molecule has 0 saturated carbocycles. The Morgan fingerprint density at radius 2 is 2.15 bits per heavy atom. The predicted octanol–water partition coefficient (Wildman–Crippen LogP) is 0.564. The van der Waals surface area contributed by atoms with Crippen molar-refractivity contribution in [3.8, 4) is 5.69 Å². The summed E-state index contributed by atoms with van der Waals surface area (Å²) >= 11 is 0. The molecule has 0 bridgehead atoms. The lowest BCUT2D eigenvalue weighted by Gasteiger charge is -2.24. The summed E-state index contributed by atoms with van der Waals surface area (Å²) in [5, 5.41) is 10.8. The summed E-state index contributed by atoms with van der Waals surface area (Å²) in [6, 6.07) is 5.20. The van der Waals surface area contributed by atoms with E-state index < -0.39 is 5.82 Å². The average molecular weight is 358 g/mol. The molecule has 1 aliphatic heterocycles. The summed E-state index contributed by atoms with van der Waals surface area (Å²) in [4.78, 5) is 20.2. The van der Waals surface area contributed by atoms with Crippen molar-refractivity contribution in [2.45, 2.75) is 13.0 Å². The monoisotopic (exact) mass is 358 g/mol. The van der Waals surface area contributed by atoms with Crippen LogP contribution in [0.4, 0.5) is 21.8 Å². The summed E-state index contributed by atoms with van der Waals surface area (Å²) < 4.78 is 20.8.